The van der Waals surface area contributed by atoms with Gasteiger partial charge in [0, 0.05) is 0 Å². The summed E-state index contributed by atoms with van der Waals surface area (Å²) in [5.74, 6) is -2.96. The van der Waals surface area contributed by atoms with Gasteiger partial charge in [0.15, 0.2) is 0 Å². The molecule has 7 heteroatoms. The highest BCUT2D eigenvalue weighted by Crippen LogP contribution is 2.32. The lowest BCUT2D eigenvalue weighted by Gasteiger charge is -2.27. The summed E-state index contributed by atoms with van der Waals surface area (Å²) >= 11 is 1.23. The Kier molecular flexibility index (Phi) is 5.54. The molecule has 2 N–H and O–H groups in total. The molecule has 1 aliphatic carbocycles. The fourth-order valence-corrected chi connectivity index (χ4v) is 3.50. The normalized spacial score (nSPS) is 21.1. The second-order valence-electron chi connectivity index (χ2n) is 5.21. The van der Waals surface area contributed by atoms with Crippen LogP contribution in [0.4, 0.5) is 5.00 Å². The van der Waals surface area contributed by atoms with Crippen molar-refractivity contribution >= 4 is 34.2 Å². The molecular weight excluding hydrogens is 306 g/mol. The first-order chi connectivity index (χ1) is 10.5. The van der Waals surface area contributed by atoms with Crippen molar-refractivity contribution in [1.82, 2.24) is 0 Å². The topological polar surface area (TPSA) is 92.7 Å². The molecule has 6 nitrogen and oxygen atoms in total. The zero-order valence-electron chi connectivity index (χ0n) is 12.3. The predicted octanol–water partition coefficient (Wildman–Crippen LogP) is 2.75. The molecule has 1 aromatic heterocycles. The number of amides is 1. The van der Waals surface area contributed by atoms with Gasteiger partial charge in [-0.05, 0) is 31.2 Å². The number of ether oxygens (including phenoxy) is 1. The van der Waals surface area contributed by atoms with Crippen LogP contribution in [0, 0.1) is 11.8 Å². The summed E-state index contributed by atoms with van der Waals surface area (Å²) < 4.78 is 4.94. The number of carbonyl (C=O) groups excluding carboxylic acids is 2. The Hall–Kier alpha value is -1.89. The summed E-state index contributed by atoms with van der Waals surface area (Å²) in [4.78, 5) is 35.5. The van der Waals surface area contributed by atoms with Crippen LogP contribution in [0.25, 0.3) is 0 Å². The lowest BCUT2D eigenvalue weighted by Crippen LogP contribution is -2.36. The Balaban J connectivity index is 2.10. The first kappa shape index (κ1) is 16.5. The third kappa shape index (κ3) is 3.65. The van der Waals surface area contributed by atoms with Crippen LogP contribution in [0.3, 0.4) is 0 Å². The summed E-state index contributed by atoms with van der Waals surface area (Å²) in [5.41, 5.74) is 0.308. The number of esters is 1. The average Bonchev–Trinajstić information content (AvgIpc) is 2.95. The smallest absolute Gasteiger partial charge is 0.341 e. The van der Waals surface area contributed by atoms with Gasteiger partial charge < -0.3 is 15.2 Å². The van der Waals surface area contributed by atoms with E-state index < -0.39 is 23.8 Å². The number of carboxylic acids is 1. The van der Waals surface area contributed by atoms with E-state index >= 15 is 0 Å². The molecule has 1 fully saturated rings. The van der Waals surface area contributed by atoms with Gasteiger partial charge in [0.1, 0.15) is 5.00 Å². The number of hydrogen-bond donors (Lipinski definition) is 2. The van der Waals surface area contributed by atoms with Crippen molar-refractivity contribution in [2.24, 2.45) is 11.8 Å². The molecule has 2 rings (SSSR count). The van der Waals surface area contributed by atoms with Gasteiger partial charge in [0.25, 0.3) is 0 Å². The standard InChI is InChI=1S/C15H19NO5S/c1-2-21-15(20)11-7-8-22-13(11)16-12(17)9-5-3-4-6-10(9)14(18)19/h7-10H,2-6H2,1H3,(H,16,17)(H,18,19). The van der Waals surface area contributed by atoms with Crippen molar-refractivity contribution < 1.29 is 24.2 Å². The van der Waals surface area contributed by atoms with Crippen molar-refractivity contribution in [3.8, 4) is 0 Å². The Labute approximate surface area is 132 Å². The zero-order valence-corrected chi connectivity index (χ0v) is 13.1. The molecule has 2 atom stereocenters. The lowest BCUT2D eigenvalue weighted by atomic mass is 9.79. The number of aliphatic carboxylic acids is 1. The van der Waals surface area contributed by atoms with E-state index in [1.54, 1.807) is 18.4 Å². The van der Waals surface area contributed by atoms with Crippen LogP contribution in [0.1, 0.15) is 43.0 Å². The third-order valence-electron chi connectivity index (χ3n) is 3.82. The van der Waals surface area contributed by atoms with Gasteiger partial charge >= 0.3 is 11.9 Å². The van der Waals surface area contributed by atoms with Crippen LogP contribution in [-0.4, -0.2) is 29.6 Å². The van der Waals surface area contributed by atoms with Crippen LogP contribution < -0.4 is 5.32 Å². The lowest BCUT2D eigenvalue weighted by molar-refractivity contribution is -0.147. The van der Waals surface area contributed by atoms with Crippen LogP contribution in [-0.2, 0) is 14.3 Å². The van der Waals surface area contributed by atoms with Crippen LogP contribution >= 0.6 is 11.3 Å². The number of rotatable bonds is 5. The molecule has 2 unspecified atom stereocenters. The highest BCUT2D eigenvalue weighted by Gasteiger charge is 2.36. The van der Waals surface area contributed by atoms with Gasteiger partial charge in [0.2, 0.25) is 5.91 Å². The quantitative estimate of drug-likeness (QED) is 0.812. The second kappa shape index (κ2) is 7.40. The van der Waals surface area contributed by atoms with E-state index in [0.29, 0.717) is 23.4 Å². The maximum Gasteiger partial charge on any atom is 0.341 e. The monoisotopic (exact) mass is 325 g/mol. The first-order valence-electron chi connectivity index (χ1n) is 7.32. The van der Waals surface area contributed by atoms with E-state index in [2.05, 4.69) is 5.32 Å². The third-order valence-corrected chi connectivity index (χ3v) is 4.65. The van der Waals surface area contributed by atoms with Gasteiger partial charge in [0.05, 0.1) is 24.0 Å². The van der Waals surface area contributed by atoms with Crippen molar-refractivity contribution in [2.45, 2.75) is 32.6 Å². The number of carbonyl (C=O) groups is 3. The van der Waals surface area contributed by atoms with Crippen LogP contribution in [0.5, 0.6) is 0 Å². The van der Waals surface area contributed by atoms with Crippen molar-refractivity contribution in [2.75, 3.05) is 11.9 Å². The van der Waals surface area contributed by atoms with Gasteiger partial charge in [-0.2, -0.15) is 0 Å². The molecule has 22 heavy (non-hydrogen) atoms. The van der Waals surface area contributed by atoms with Gasteiger partial charge in [-0.15, -0.1) is 11.3 Å². The number of carboxylic acid groups (broad SMARTS) is 1. The second-order valence-corrected chi connectivity index (χ2v) is 6.12. The SMILES string of the molecule is CCOC(=O)c1ccsc1NC(=O)C1CCCCC1C(=O)O. The molecule has 1 aromatic rings. The van der Waals surface area contributed by atoms with E-state index in [1.807, 2.05) is 0 Å². The molecule has 1 saturated carbocycles. The Morgan fingerprint density at radius 1 is 1.32 bits per heavy atom. The van der Waals surface area contributed by atoms with E-state index in [9.17, 15) is 19.5 Å². The van der Waals surface area contributed by atoms with Crippen molar-refractivity contribution in [1.29, 1.82) is 0 Å². The fourth-order valence-electron chi connectivity index (χ4n) is 2.72. The average molecular weight is 325 g/mol. The van der Waals surface area contributed by atoms with E-state index in [-0.39, 0.29) is 12.5 Å². The van der Waals surface area contributed by atoms with Gasteiger partial charge in [-0.1, -0.05) is 12.8 Å². The molecule has 0 saturated heterocycles. The minimum atomic E-state index is -0.934. The van der Waals surface area contributed by atoms with Crippen molar-refractivity contribution in [3.05, 3.63) is 17.0 Å². The Bertz CT molecular complexity index is 568. The molecule has 0 spiro atoms. The molecule has 1 heterocycles. The van der Waals surface area contributed by atoms with E-state index in [0.717, 1.165) is 12.8 Å². The summed E-state index contributed by atoms with van der Waals surface area (Å²) in [5, 5.41) is 14.1. The summed E-state index contributed by atoms with van der Waals surface area (Å²) in [6, 6.07) is 1.59. The molecule has 1 aliphatic rings. The summed E-state index contributed by atoms with van der Waals surface area (Å²) in [7, 11) is 0. The zero-order chi connectivity index (χ0) is 16.1. The number of thiophene rings is 1. The molecule has 0 radical (unpaired) electrons. The minimum absolute atomic E-state index is 0.256. The van der Waals surface area contributed by atoms with Crippen LogP contribution in [0.2, 0.25) is 0 Å². The highest BCUT2D eigenvalue weighted by molar-refractivity contribution is 7.14. The maximum atomic E-state index is 12.4. The number of nitrogens with one attached hydrogen (secondary N) is 1. The molecule has 0 bridgehead atoms. The predicted molar refractivity (Wildman–Crippen MR) is 82.0 cm³/mol. The fraction of sp³-hybridized carbons (Fsp3) is 0.533. The molecule has 0 aliphatic heterocycles. The molecular formula is C15H19NO5S. The Morgan fingerprint density at radius 2 is 2.00 bits per heavy atom. The van der Waals surface area contributed by atoms with Gasteiger partial charge in [-0.25, -0.2) is 4.79 Å². The Morgan fingerprint density at radius 3 is 2.64 bits per heavy atom. The van der Waals surface area contributed by atoms with Gasteiger partial charge in [-0.3, -0.25) is 9.59 Å². The minimum Gasteiger partial charge on any atom is -0.481 e. The number of anilines is 1. The number of hydrogen-bond acceptors (Lipinski definition) is 5. The first-order valence-corrected chi connectivity index (χ1v) is 8.20. The summed E-state index contributed by atoms with van der Waals surface area (Å²) in [6.45, 7) is 1.97. The van der Waals surface area contributed by atoms with E-state index in [1.165, 1.54) is 11.3 Å². The molecule has 1 amide bonds. The van der Waals surface area contributed by atoms with Crippen LogP contribution in [0.15, 0.2) is 11.4 Å². The largest absolute Gasteiger partial charge is 0.481 e. The maximum absolute atomic E-state index is 12.4. The highest BCUT2D eigenvalue weighted by atomic mass is 32.1. The van der Waals surface area contributed by atoms with Crippen molar-refractivity contribution in [3.63, 3.8) is 0 Å². The van der Waals surface area contributed by atoms with E-state index in [4.69, 9.17) is 4.74 Å². The molecule has 0 aromatic carbocycles. The molecule has 120 valence electrons. The summed E-state index contributed by atoms with van der Waals surface area (Å²) in [6.07, 6.45) is 2.75.